The third kappa shape index (κ3) is 3.98. The van der Waals surface area contributed by atoms with E-state index in [4.69, 9.17) is 10.5 Å². The Hall–Kier alpha value is -0.570. The molecule has 0 heterocycles. The van der Waals surface area contributed by atoms with Gasteiger partial charge in [0.15, 0.2) is 0 Å². The van der Waals surface area contributed by atoms with Crippen LogP contribution in [-0.4, -0.2) is 18.1 Å². The van der Waals surface area contributed by atoms with E-state index in [0.717, 1.165) is 6.42 Å². The minimum absolute atomic E-state index is 0.0138. The van der Waals surface area contributed by atoms with Crippen molar-refractivity contribution in [3.63, 3.8) is 0 Å². The quantitative estimate of drug-likeness (QED) is 0.624. The van der Waals surface area contributed by atoms with Crippen molar-refractivity contribution < 1.29 is 9.53 Å². The molecule has 2 atom stereocenters. The standard InChI is InChI=1S/C8H17NO2/c1-4-6(3)11-8(10)7(9)5-2/h6-7H,4-5,9H2,1-3H3. The van der Waals surface area contributed by atoms with Crippen LogP contribution in [0.3, 0.4) is 0 Å². The average molecular weight is 159 g/mol. The van der Waals surface area contributed by atoms with Gasteiger partial charge in [0.25, 0.3) is 0 Å². The van der Waals surface area contributed by atoms with E-state index in [1.165, 1.54) is 0 Å². The first kappa shape index (κ1) is 10.4. The summed E-state index contributed by atoms with van der Waals surface area (Å²) in [5.41, 5.74) is 5.44. The van der Waals surface area contributed by atoms with E-state index in [9.17, 15) is 4.79 Å². The number of esters is 1. The molecule has 0 saturated heterocycles. The van der Waals surface area contributed by atoms with Gasteiger partial charge in [-0.15, -0.1) is 0 Å². The molecule has 2 N–H and O–H groups in total. The smallest absolute Gasteiger partial charge is 0.323 e. The summed E-state index contributed by atoms with van der Waals surface area (Å²) in [4.78, 5) is 11.0. The number of rotatable bonds is 4. The van der Waals surface area contributed by atoms with Crippen LogP contribution in [0.1, 0.15) is 33.6 Å². The number of carbonyl (C=O) groups is 1. The zero-order valence-electron chi connectivity index (χ0n) is 7.46. The van der Waals surface area contributed by atoms with E-state index in [1.807, 2.05) is 20.8 Å². The minimum atomic E-state index is -0.455. The van der Waals surface area contributed by atoms with Gasteiger partial charge in [-0.1, -0.05) is 13.8 Å². The molecular weight excluding hydrogens is 142 g/mol. The Labute approximate surface area is 67.9 Å². The molecule has 0 aromatic heterocycles. The summed E-state index contributed by atoms with van der Waals surface area (Å²) in [6.45, 7) is 5.69. The zero-order chi connectivity index (χ0) is 8.85. The van der Waals surface area contributed by atoms with Crippen LogP contribution >= 0.6 is 0 Å². The number of nitrogens with two attached hydrogens (primary N) is 1. The Kier molecular flexibility index (Phi) is 4.86. The molecule has 2 unspecified atom stereocenters. The largest absolute Gasteiger partial charge is 0.462 e. The van der Waals surface area contributed by atoms with Crippen molar-refractivity contribution in [1.29, 1.82) is 0 Å². The molecule has 0 aromatic rings. The van der Waals surface area contributed by atoms with Gasteiger partial charge in [0.05, 0.1) is 6.10 Å². The Morgan fingerprint density at radius 2 is 2.00 bits per heavy atom. The highest BCUT2D eigenvalue weighted by Crippen LogP contribution is 1.99. The maximum Gasteiger partial charge on any atom is 0.323 e. The predicted octanol–water partition coefficient (Wildman–Crippen LogP) is 1.07. The summed E-state index contributed by atoms with van der Waals surface area (Å²) in [7, 11) is 0. The van der Waals surface area contributed by atoms with Crippen molar-refractivity contribution in [1.82, 2.24) is 0 Å². The topological polar surface area (TPSA) is 52.3 Å². The van der Waals surface area contributed by atoms with Crippen molar-refractivity contribution in [2.75, 3.05) is 0 Å². The molecule has 3 nitrogen and oxygen atoms in total. The molecule has 0 aliphatic heterocycles. The van der Waals surface area contributed by atoms with Crippen molar-refractivity contribution in [3.8, 4) is 0 Å². The first-order chi connectivity index (χ1) is 5.11. The molecule has 0 radical (unpaired) electrons. The summed E-state index contributed by atoms with van der Waals surface area (Å²) < 4.78 is 4.99. The van der Waals surface area contributed by atoms with Gasteiger partial charge in [-0.3, -0.25) is 4.79 Å². The molecule has 0 rings (SSSR count). The molecule has 0 saturated carbocycles. The lowest BCUT2D eigenvalue weighted by atomic mass is 10.2. The SMILES string of the molecule is CCC(C)OC(=O)C(N)CC. The Morgan fingerprint density at radius 3 is 2.36 bits per heavy atom. The van der Waals surface area contributed by atoms with Crippen LogP contribution in [0.5, 0.6) is 0 Å². The fourth-order valence-electron chi connectivity index (χ4n) is 0.536. The van der Waals surface area contributed by atoms with Gasteiger partial charge in [0, 0.05) is 0 Å². The Morgan fingerprint density at radius 1 is 1.45 bits per heavy atom. The van der Waals surface area contributed by atoms with Gasteiger partial charge in [-0.05, 0) is 19.8 Å². The third-order valence-electron chi connectivity index (χ3n) is 1.63. The molecule has 66 valence electrons. The summed E-state index contributed by atoms with van der Waals surface area (Å²) >= 11 is 0. The first-order valence-corrected chi connectivity index (χ1v) is 4.07. The van der Waals surface area contributed by atoms with Gasteiger partial charge in [0.2, 0.25) is 0 Å². The lowest BCUT2D eigenvalue weighted by Gasteiger charge is -2.13. The van der Waals surface area contributed by atoms with Crippen LogP contribution < -0.4 is 5.73 Å². The molecule has 11 heavy (non-hydrogen) atoms. The van der Waals surface area contributed by atoms with Gasteiger partial charge in [-0.2, -0.15) is 0 Å². The maximum absolute atomic E-state index is 11.0. The first-order valence-electron chi connectivity index (χ1n) is 4.07. The Bertz CT molecular complexity index is 125. The fraction of sp³-hybridized carbons (Fsp3) is 0.875. The van der Waals surface area contributed by atoms with Gasteiger partial charge < -0.3 is 10.5 Å². The van der Waals surface area contributed by atoms with Crippen LogP contribution in [0.15, 0.2) is 0 Å². The monoisotopic (exact) mass is 159 g/mol. The highest BCUT2D eigenvalue weighted by atomic mass is 16.5. The van der Waals surface area contributed by atoms with E-state index >= 15 is 0 Å². The van der Waals surface area contributed by atoms with Gasteiger partial charge >= 0.3 is 5.97 Å². The molecule has 0 amide bonds. The summed E-state index contributed by atoms with van der Waals surface area (Å²) in [5, 5.41) is 0. The molecular formula is C8H17NO2. The van der Waals surface area contributed by atoms with Crippen molar-refractivity contribution in [2.24, 2.45) is 5.73 Å². The summed E-state index contributed by atoms with van der Waals surface area (Å²) in [5.74, 6) is -0.290. The van der Waals surface area contributed by atoms with Crippen LogP contribution in [0, 0.1) is 0 Å². The molecule has 0 spiro atoms. The molecule has 3 heteroatoms. The maximum atomic E-state index is 11.0. The van der Waals surface area contributed by atoms with Gasteiger partial charge in [0.1, 0.15) is 6.04 Å². The van der Waals surface area contributed by atoms with Crippen LogP contribution in [0.4, 0.5) is 0 Å². The second kappa shape index (κ2) is 5.13. The van der Waals surface area contributed by atoms with Crippen LogP contribution in [-0.2, 0) is 9.53 Å². The van der Waals surface area contributed by atoms with E-state index < -0.39 is 6.04 Å². The number of ether oxygens (including phenoxy) is 1. The third-order valence-corrected chi connectivity index (χ3v) is 1.63. The normalized spacial score (nSPS) is 15.6. The number of hydrogen-bond donors (Lipinski definition) is 1. The van der Waals surface area contributed by atoms with Crippen LogP contribution in [0.25, 0.3) is 0 Å². The van der Waals surface area contributed by atoms with Crippen LogP contribution in [0.2, 0.25) is 0 Å². The fourth-order valence-corrected chi connectivity index (χ4v) is 0.536. The van der Waals surface area contributed by atoms with E-state index in [1.54, 1.807) is 0 Å². The van der Waals surface area contributed by atoms with Crippen molar-refractivity contribution in [3.05, 3.63) is 0 Å². The molecule has 0 fully saturated rings. The summed E-state index contributed by atoms with van der Waals surface area (Å²) in [6.07, 6.45) is 1.46. The Balaban J connectivity index is 3.68. The summed E-state index contributed by atoms with van der Waals surface area (Å²) in [6, 6.07) is -0.455. The predicted molar refractivity (Wildman–Crippen MR) is 44.1 cm³/mol. The van der Waals surface area contributed by atoms with Crippen molar-refractivity contribution >= 4 is 5.97 Å². The number of carbonyl (C=O) groups excluding carboxylic acids is 1. The highest BCUT2D eigenvalue weighted by Gasteiger charge is 2.14. The van der Waals surface area contributed by atoms with E-state index in [-0.39, 0.29) is 12.1 Å². The zero-order valence-corrected chi connectivity index (χ0v) is 7.46. The average Bonchev–Trinajstić information content (AvgIpc) is 2.02. The van der Waals surface area contributed by atoms with E-state index in [2.05, 4.69) is 0 Å². The molecule has 0 bridgehead atoms. The lowest BCUT2D eigenvalue weighted by Crippen LogP contribution is -2.33. The molecule has 0 aliphatic rings. The molecule has 0 aromatic carbocycles. The lowest BCUT2D eigenvalue weighted by molar-refractivity contribution is -0.150. The second-order valence-corrected chi connectivity index (χ2v) is 2.67. The van der Waals surface area contributed by atoms with Crippen molar-refractivity contribution in [2.45, 2.75) is 45.8 Å². The van der Waals surface area contributed by atoms with Gasteiger partial charge in [-0.25, -0.2) is 0 Å². The molecule has 0 aliphatic carbocycles. The number of hydrogen-bond acceptors (Lipinski definition) is 3. The van der Waals surface area contributed by atoms with E-state index in [0.29, 0.717) is 6.42 Å². The second-order valence-electron chi connectivity index (χ2n) is 2.67. The minimum Gasteiger partial charge on any atom is -0.462 e. The highest BCUT2D eigenvalue weighted by molar-refractivity contribution is 5.75.